The molecule has 1 aromatic rings. The number of carbonyl (C=O) groups excluding carboxylic acids is 1. The largest absolute Gasteiger partial charge is 0.462 e. The maximum absolute atomic E-state index is 12.7. The van der Waals surface area contributed by atoms with Crippen LogP contribution in [0.25, 0.3) is 0 Å². The molecule has 1 aliphatic rings. The average molecular weight is 371 g/mol. The van der Waals surface area contributed by atoms with Crippen LogP contribution in [0.4, 0.5) is 5.82 Å². The summed E-state index contributed by atoms with van der Waals surface area (Å²) in [5.41, 5.74) is 2.14. The summed E-state index contributed by atoms with van der Waals surface area (Å²) in [6.45, 7) is 1.44. The highest BCUT2D eigenvalue weighted by Crippen LogP contribution is 2.36. The number of carbonyl (C=O) groups is 1. The van der Waals surface area contributed by atoms with Crippen molar-refractivity contribution in [1.82, 2.24) is 9.55 Å². The van der Waals surface area contributed by atoms with Crippen molar-refractivity contribution in [3.8, 4) is 0 Å². The number of ether oxygens (including phenoxy) is 2. The minimum atomic E-state index is -2.35. The van der Waals surface area contributed by atoms with Crippen LogP contribution in [0.5, 0.6) is 0 Å². The fraction of sp³-hybridized carbons (Fsp3) is 0.688. The Balaban J connectivity index is 2.34. The minimum absolute atomic E-state index is 0.0632. The number of anilines is 1. The van der Waals surface area contributed by atoms with Gasteiger partial charge in [0.1, 0.15) is 24.1 Å². The molecule has 1 fully saturated rings. The zero-order chi connectivity index (χ0) is 19.3. The number of aliphatic hydroxyl groups excluding tert-OH is 3. The summed E-state index contributed by atoms with van der Waals surface area (Å²) >= 11 is 0. The average Bonchev–Trinajstić information content (AvgIpc) is 2.87. The molecule has 0 saturated carbocycles. The van der Waals surface area contributed by atoms with Crippen molar-refractivity contribution in [2.45, 2.75) is 56.6 Å². The molecule has 0 aliphatic carbocycles. The van der Waals surface area contributed by atoms with E-state index in [-0.39, 0.29) is 12.4 Å². The monoisotopic (exact) mass is 371 g/mol. The first kappa shape index (κ1) is 20.3. The van der Waals surface area contributed by atoms with E-state index in [2.05, 4.69) is 4.98 Å². The number of nitrogens with zero attached hydrogens (tertiary/aromatic N) is 2. The van der Waals surface area contributed by atoms with E-state index in [0.717, 1.165) is 30.0 Å². The van der Waals surface area contributed by atoms with E-state index in [1.165, 1.54) is 6.07 Å². The van der Waals surface area contributed by atoms with Gasteiger partial charge in [0.2, 0.25) is 0 Å². The summed E-state index contributed by atoms with van der Waals surface area (Å²) in [5, 5.41) is 29.9. The van der Waals surface area contributed by atoms with Gasteiger partial charge < -0.3 is 30.5 Å². The van der Waals surface area contributed by atoms with Crippen molar-refractivity contribution in [2.75, 3.05) is 18.9 Å². The highest BCUT2D eigenvalue weighted by Gasteiger charge is 2.62. The number of hydrogen-bond donors (Lipinski definition) is 4. The molecule has 0 aromatic carbocycles. The standard InChI is InChI=1S/C16H25N3O7/c1-2-3-4-5-8-25-14(23)16(13(22)12(21)10(9-20)26-16)19-7-6-11(17)18-15(19)24/h6-7,10,12-13,20-22H,2-5,8-9H2,1H3,(H2,17,18,24)/t10-,12-,13-,16+/m1/s1. The van der Waals surface area contributed by atoms with E-state index >= 15 is 0 Å². The maximum Gasteiger partial charge on any atom is 0.363 e. The smallest absolute Gasteiger partial charge is 0.363 e. The molecule has 26 heavy (non-hydrogen) atoms. The Hall–Kier alpha value is -2.01. The van der Waals surface area contributed by atoms with Gasteiger partial charge in [-0.05, 0) is 12.5 Å². The molecule has 10 nitrogen and oxygen atoms in total. The molecule has 2 rings (SSSR count). The second-order valence-corrected chi connectivity index (χ2v) is 6.17. The second-order valence-electron chi connectivity index (χ2n) is 6.17. The van der Waals surface area contributed by atoms with Gasteiger partial charge in [-0.3, -0.25) is 4.57 Å². The Morgan fingerprint density at radius 2 is 2.15 bits per heavy atom. The number of esters is 1. The van der Waals surface area contributed by atoms with Crippen LogP contribution in [0.2, 0.25) is 0 Å². The quantitative estimate of drug-likeness (QED) is 0.322. The molecular weight excluding hydrogens is 346 g/mol. The Morgan fingerprint density at radius 1 is 1.42 bits per heavy atom. The predicted octanol–water partition coefficient (Wildman–Crippen LogP) is -1.29. The summed E-state index contributed by atoms with van der Waals surface area (Å²) in [6, 6.07) is 1.24. The lowest BCUT2D eigenvalue weighted by Gasteiger charge is -2.31. The first-order chi connectivity index (χ1) is 12.4. The van der Waals surface area contributed by atoms with E-state index in [4.69, 9.17) is 15.2 Å². The Kier molecular flexibility index (Phi) is 6.70. The van der Waals surface area contributed by atoms with Gasteiger partial charge >= 0.3 is 11.7 Å². The molecular formula is C16H25N3O7. The molecule has 0 bridgehead atoms. The van der Waals surface area contributed by atoms with Crippen LogP contribution in [0.1, 0.15) is 32.6 Å². The lowest BCUT2D eigenvalue weighted by atomic mass is 10.0. The van der Waals surface area contributed by atoms with Crippen molar-refractivity contribution in [3.05, 3.63) is 22.7 Å². The third-order valence-corrected chi connectivity index (χ3v) is 4.32. The molecule has 4 atom stereocenters. The van der Waals surface area contributed by atoms with E-state index in [9.17, 15) is 24.9 Å². The topological polar surface area (TPSA) is 157 Å². The normalized spacial score (nSPS) is 28.2. The van der Waals surface area contributed by atoms with Crippen molar-refractivity contribution >= 4 is 11.8 Å². The van der Waals surface area contributed by atoms with E-state index in [0.29, 0.717) is 6.42 Å². The van der Waals surface area contributed by atoms with Crippen LogP contribution in [0.3, 0.4) is 0 Å². The van der Waals surface area contributed by atoms with Gasteiger partial charge in [-0.15, -0.1) is 0 Å². The molecule has 0 radical (unpaired) electrons. The Labute approximate surface area is 150 Å². The number of nitrogen functional groups attached to an aromatic ring is 1. The SMILES string of the molecule is CCCCCCOC(=O)[C@@]1(n2ccc(N)nc2=O)O[C@H](CO)[C@@H](O)[C@H]1O. The van der Waals surface area contributed by atoms with Crippen molar-refractivity contribution in [3.63, 3.8) is 0 Å². The van der Waals surface area contributed by atoms with Crippen molar-refractivity contribution in [1.29, 1.82) is 0 Å². The van der Waals surface area contributed by atoms with Crippen LogP contribution in [-0.2, 0) is 20.0 Å². The molecule has 1 aliphatic heterocycles. The van der Waals surface area contributed by atoms with Gasteiger partial charge in [0, 0.05) is 6.20 Å². The number of unbranched alkanes of at least 4 members (excludes halogenated alkanes) is 3. The van der Waals surface area contributed by atoms with Gasteiger partial charge in [0.15, 0.2) is 0 Å². The number of aliphatic hydroxyl groups is 3. The van der Waals surface area contributed by atoms with Crippen LogP contribution in [0, 0.1) is 0 Å². The van der Waals surface area contributed by atoms with E-state index in [1.54, 1.807) is 0 Å². The zero-order valence-electron chi connectivity index (χ0n) is 14.6. The van der Waals surface area contributed by atoms with Crippen molar-refractivity contribution in [2.24, 2.45) is 0 Å². The summed E-state index contributed by atoms with van der Waals surface area (Å²) in [7, 11) is 0. The Morgan fingerprint density at radius 3 is 2.73 bits per heavy atom. The lowest BCUT2D eigenvalue weighted by molar-refractivity contribution is -0.202. The van der Waals surface area contributed by atoms with E-state index in [1.807, 2.05) is 6.92 Å². The molecule has 1 saturated heterocycles. The van der Waals surface area contributed by atoms with E-state index < -0.39 is 42.3 Å². The zero-order valence-corrected chi connectivity index (χ0v) is 14.6. The summed E-state index contributed by atoms with van der Waals surface area (Å²) in [6.07, 6.45) is -0.146. The molecule has 0 amide bonds. The van der Waals surface area contributed by atoms with Crippen LogP contribution < -0.4 is 11.4 Å². The number of hydrogen-bond acceptors (Lipinski definition) is 9. The summed E-state index contributed by atoms with van der Waals surface area (Å²) < 4.78 is 11.3. The molecule has 146 valence electrons. The molecule has 2 heterocycles. The summed E-state index contributed by atoms with van der Waals surface area (Å²) in [5.74, 6) is -1.13. The van der Waals surface area contributed by atoms with Gasteiger partial charge in [0.25, 0.3) is 5.72 Å². The highest BCUT2D eigenvalue weighted by molar-refractivity contribution is 5.78. The number of nitrogens with two attached hydrogens (primary N) is 1. The van der Waals surface area contributed by atoms with Gasteiger partial charge in [-0.25, -0.2) is 9.59 Å². The molecule has 10 heteroatoms. The minimum Gasteiger partial charge on any atom is -0.462 e. The molecule has 1 aromatic heterocycles. The van der Waals surface area contributed by atoms with Gasteiger partial charge in [-0.2, -0.15) is 4.98 Å². The molecule has 5 N–H and O–H groups in total. The first-order valence-electron chi connectivity index (χ1n) is 8.56. The second kappa shape index (κ2) is 8.58. The number of rotatable bonds is 8. The fourth-order valence-corrected chi connectivity index (χ4v) is 2.88. The summed E-state index contributed by atoms with van der Waals surface area (Å²) in [4.78, 5) is 28.5. The Bertz CT molecular complexity index is 680. The van der Waals surface area contributed by atoms with Gasteiger partial charge in [-0.1, -0.05) is 26.2 Å². The predicted molar refractivity (Wildman–Crippen MR) is 90.0 cm³/mol. The van der Waals surface area contributed by atoms with Crippen molar-refractivity contribution < 1.29 is 29.6 Å². The first-order valence-corrected chi connectivity index (χ1v) is 8.56. The maximum atomic E-state index is 12.7. The molecule has 0 unspecified atom stereocenters. The third-order valence-electron chi connectivity index (χ3n) is 4.32. The lowest BCUT2D eigenvalue weighted by Crippen LogP contribution is -2.56. The molecule has 0 spiro atoms. The highest BCUT2D eigenvalue weighted by atomic mass is 16.6. The van der Waals surface area contributed by atoms with Gasteiger partial charge in [0.05, 0.1) is 13.2 Å². The fourth-order valence-electron chi connectivity index (χ4n) is 2.88. The number of aromatic nitrogens is 2. The van der Waals surface area contributed by atoms with Crippen LogP contribution >= 0.6 is 0 Å². The van der Waals surface area contributed by atoms with Crippen LogP contribution in [0.15, 0.2) is 17.1 Å². The van der Waals surface area contributed by atoms with Crippen LogP contribution in [-0.4, -0.2) is 62.4 Å². The third kappa shape index (κ3) is 3.73.